The highest BCUT2D eigenvalue weighted by Crippen LogP contribution is 2.48. The fraction of sp³-hybridized carbons (Fsp3) is 0.409. The number of amides is 2. The Kier molecular flexibility index (Phi) is 4.79. The summed E-state index contributed by atoms with van der Waals surface area (Å²) in [4.78, 5) is 14.5. The van der Waals surface area contributed by atoms with Gasteiger partial charge in [-0.2, -0.15) is 0 Å². The zero-order valence-corrected chi connectivity index (χ0v) is 15.6. The van der Waals surface area contributed by atoms with E-state index in [4.69, 9.17) is 4.74 Å². The summed E-state index contributed by atoms with van der Waals surface area (Å²) in [5.74, 6) is 1.49. The lowest BCUT2D eigenvalue weighted by Gasteiger charge is -2.26. The van der Waals surface area contributed by atoms with Gasteiger partial charge in [0.2, 0.25) is 0 Å². The number of benzene rings is 2. The first-order chi connectivity index (χ1) is 13.1. The smallest absolute Gasteiger partial charge is 0.317 e. The van der Waals surface area contributed by atoms with E-state index in [1.54, 1.807) is 7.11 Å². The highest BCUT2D eigenvalue weighted by Gasteiger charge is 2.49. The number of carbonyl (C=O) groups excluding carboxylic acids is 1. The molecule has 2 fully saturated rings. The molecule has 3 atom stereocenters. The van der Waals surface area contributed by atoms with Crippen LogP contribution in [0.4, 0.5) is 4.79 Å². The summed E-state index contributed by atoms with van der Waals surface area (Å²) in [6.45, 7) is 1.86. The monoisotopic (exact) mass is 366 g/mol. The van der Waals surface area contributed by atoms with Crippen molar-refractivity contribution in [1.29, 1.82) is 0 Å². The molecule has 1 aliphatic carbocycles. The van der Waals surface area contributed by atoms with E-state index in [2.05, 4.69) is 5.32 Å². The van der Waals surface area contributed by atoms with Crippen molar-refractivity contribution in [2.45, 2.75) is 25.0 Å². The number of carbonyl (C=O) groups is 1. The van der Waals surface area contributed by atoms with E-state index in [1.807, 2.05) is 59.5 Å². The van der Waals surface area contributed by atoms with Crippen molar-refractivity contribution in [3.05, 3.63) is 65.7 Å². The zero-order chi connectivity index (χ0) is 18.9. The van der Waals surface area contributed by atoms with Crippen LogP contribution in [0.2, 0.25) is 0 Å². The number of nitrogens with zero attached hydrogens (tertiary/aromatic N) is 1. The Balaban J connectivity index is 1.34. The van der Waals surface area contributed by atoms with Gasteiger partial charge in [0, 0.05) is 25.2 Å². The molecule has 142 valence electrons. The van der Waals surface area contributed by atoms with Gasteiger partial charge in [0.05, 0.1) is 12.7 Å². The lowest BCUT2D eigenvalue weighted by Crippen LogP contribution is -2.39. The molecule has 1 saturated carbocycles. The number of likely N-dealkylation sites (tertiary alicyclic amines) is 1. The van der Waals surface area contributed by atoms with Gasteiger partial charge in [-0.3, -0.25) is 0 Å². The Hall–Kier alpha value is -2.53. The molecule has 0 bridgehead atoms. The van der Waals surface area contributed by atoms with Gasteiger partial charge in [0.25, 0.3) is 0 Å². The maximum atomic E-state index is 12.6. The third-order valence-electron chi connectivity index (χ3n) is 6.00. The molecular weight excluding hydrogens is 340 g/mol. The molecule has 5 nitrogen and oxygen atoms in total. The van der Waals surface area contributed by atoms with Gasteiger partial charge in [0.15, 0.2) is 0 Å². The average Bonchev–Trinajstić information content (AvgIpc) is 3.23. The second kappa shape index (κ2) is 7.24. The first-order valence-corrected chi connectivity index (χ1v) is 9.51. The Labute approximate surface area is 160 Å². The number of para-hydroxylation sites is 1. The summed E-state index contributed by atoms with van der Waals surface area (Å²) < 4.78 is 5.34. The first-order valence-electron chi connectivity index (χ1n) is 9.51. The number of aliphatic hydroxyl groups is 1. The van der Waals surface area contributed by atoms with E-state index in [9.17, 15) is 9.90 Å². The lowest BCUT2D eigenvalue weighted by molar-refractivity contribution is 0.0326. The van der Waals surface area contributed by atoms with Gasteiger partial charge < -0.3 is 20.1 Å². The van der Waals surface area contributed by atoms with Crippen molar-refractivity contribution in [3.63, 3.8) is 0 Å². The highest BCUT2D eigenvalue weighted by molar-refractivity contribution is 5.74. The number of hydrogen-bond acceptors (Lipinski definition) is 3. The van der Waals surface area contributed by atoms with Crippen LogP contribution in [0.1, 0.15) is 24.0 Å². The lowest BCUT2D eigenvalue weighted by atomic mass is 9.90. The molecule has 5 heteroatoms. The summed E-state index contributed by atoms with van der Waals surface area (Å²) >= 11 is 0. The summed E-state index contributed by atoms with van der Waals surface area (Å²) in [6.07, 6.45) is 1.44. The van der Waals surface area contributed by atoms with Crippen LogP contribution in [0.5, 0.6) is 5.75 Å². The predicted molar refractivity (Wildman–Crippen MR) is 103 cm³/mol. The summed E-state index contributed by atoms with van der Waals surface area (Å²) in [5.41, 5.74) is 1.20. The van der Waals surface area contributed by atoms with E-state index < -0.39 is 5.60 Å². The van der Waals surface area contributed by atoms with Crippen LogP contribution in [0.3, 0.4) is 0 Å². The molecule has 0 aromatic heterocycles. The number of fused-ring (bicyclic) bond motifs is 1. The van der Waals surface area contributed by atoms with Crippen LogP contribution >= 0.6 is 0 Å². The Morgan fingerprint density at radius 1 is 1.11 bits per heavy atom. The van der Waals surface area contributed by atoms with Crippen molar-refractivity contribution in [2.24, 2.45) is 11.8 Å². The summed E-state index contributed by atoms with van der Waals surface area (Å²) in [6, 6.07) is 17.6. The van der Waals surface area contributed by atoms with Crippen molar-refractivity contribution < 1.29 is 14.6 Å². The predicted octanol–water partition coefficient (Wildman–Crippen LogP) is 3.13. The largest absolute Gasteiger partial charge is 0.496 e. The topological polar surface area (TPSA) is 61.8 Å². The standard InChI is InChI=1S/C22H26N2O3/c1-27-20-10-6-5-7-16(20)13-23-21(25)24-14-17-11-22(26,12-18(17)15-24)19-8-3-2-4-9-19/h2-10,17-18,26H,11-15H2,1H3,(H,23,25)/t17-,18+,22?. The van der Waals surface area contributed by atoms with Crippen molar-refractivity contribution in [2.75, 3.05) is 20.2 Å². The second-order valence-corrected chi connectivity index (χ2v) is 7.70. The maximum absolute atomic E-state index is 12.6. The molecular formula is C22H26N2O3. The molecule has 0 spiro atoms. The van der Waals surface area contributed by atoms with Crippen molar-refractivity contribution >= 4 is 6.03 Å². The highest BCUT2D eigenvalue weighted by atomic mass is 16.5. The molecule has 1 saturated heterocycles. The van der Waals surface area contributed by atoms with Crippen LogP contribution in [0, 0.1) is 11.8 Å². The second-order valence-electron chi connectivity index (χ2n) is 7.70. The van der Waals surface area contributed by atoms with E-state index in [0.29, 0.717) is 31.5 Å². The molecule has 27 heavy (non-hydrogen) atoms. The van der Waals surface area contributed by atoms with E-state index in [1.165, 1.54) is 0 Å². The van der Waals surface area contributed by atoms with Crippen molar-refractivity contribution in [3.8, 4) is 5.75 Å². The number of ether oxygens (including phenoxy) is 1. The van der Waals surface area contributed by atoms with Gasteiger partial charge >= 0.3 is 6.03 Å². The Morgan fingerprint density at radius 3 is 2.41 bits per heavy atom. The first kappa shape index (κ1) is 17.9. The van der Waals surface area contributed by atoms with Gasteiger partial charge in [-0.05, 0) is 36.3 Å². The summed E-state index contributed by atoms with van der Waals surface area (Å²) in [7, 11) is 1.64. The molecule has 1 unspecified atom stereocenters. The minimum Gasteiger partial charge on any atom is -0.496 e. The quantitative estimate of drug-likeness (QED) is 0.874. The van der Waals surface area contributed by atoms with Gasteiger partial charge in [0.1, 0.15) is 5.75 Å². The molecule has 0 radical (unpaired) electrons. The minimum atomic E-state index is -0.753. The molecule has 2 aromatic rings. The molecule has 1 heterocycles. The maximum Gasteiger partial charge on any atom is 0.317 e. The number of nitrogens with one attached hydrogen (secondary N) is 1. The molecule has 2 N–H and O–H groups in total. The number of methoxy groups -OCH3 is 1. The van der Waals surface area contributed by atoms with Crippen LogP contribution in [0.15, 0.2) is 54.6 Å². The van der Waals surface area contributed by atoms with E-state index in [0.717, 1.165) is 29.7 Å². The molecule has 2 aliphatic rings. The molecule has 1 aliphatic heterocycles. The molecule has 2 amide bonds. The normalized spacial score (nSPS) is 26.7. The molecule has 4 rings (SSSR count). The van der Waals surface area contributed by atoms with Crippen LogP contribution in [0.25, 0.3) is 0 Å². The SMILES string of the molecule is COc1ccccc1CNC(=O)N1C[C@@H]2CC(O)(c3ccccc3)C[C@@H]2C1. The number of hydrogen-bond donors (Lipinski definition) is 2. The average molecular weight is 366 g/mol. The van der Waals surface area contributed by atoms with Gasteiger partial charge in [-0.1, -0.05) is 48.5 Å². The molecule has 2 aromatic carbocycles. The van der Waals surface area contributed by atoms with Gasteiger partial charge in [-0.25, -0.2) is 4.79 Å². The van der Waals surface area contributed by atoms with Crippen LogP contribution in [-0.2, 0) is 12.1 Å². The third kappa shape index (κ3) is 3.52. The fourth-order valence-corrected chi connectivity index (χ4v) is 4.63. The minimum absolute atomic E-state index is 0.0430. The Bertz CT molecular complexity index is 794. The summed E-state index contributed by atoms with van der Waals surface area (Å²) in [5, 5.41) is 14.1. The van der Waals surface area contributed by atoms with Crippen molar-refractivity contribution in [1.82, 2.24) is 10.2 Å². The van der Waals surface area contributed by atoms with Crippen LogP contribution < -0.4 is 10.1 Å². The third-order valence-corrected chi connectivity index (χ3v) is 6.00. The number of urea groups is 1. The Morgan fingerprint density at radius 2 is 1.74 bits per heavy atom. The van der Waals surface area contributed by atoms with Crippen LogP contribution in [-0.4, -0.2) is 36.2 Å². The van der Waals surface area contributed by atoms with Gasteiger partial charge in [-0.15, -0.1) is 0 Å². The fourth-order valence-electron chi connectivity index (χ4n) is 4.63. The zero-order valence-electron chi connectivity index (χ0n) is 15.6. The van der Waals surface area contributed by atoms with E-state index in [-0.39, 0.29) is 6.03 Å². The van der Waals surface area contributed by atoms with E-state index >= 15 is 0 Å². The number of rotatable bonds is 4.